The van der Waals surface area contributed by atoms with Gasteiger partial charge in [0.05, 0.1) is 18.8 Å². The summed E-state index contributed by atoms with van der Waals surface area (Å²) in [5, 5.41) is 0. The highest BCUT2D eigenvalue weighted by molar-refractivity contribution is 7.98. The number of nitrogens with zero attached hydrogens (tertiary/aromatic N) is 1. The lowest BCUT2D eigenvalue weighted by atomic mass is 9.75. The number of benzene rings is 1. The average molecular weight is 319 g/mol. The molecule has 0 unspecified atom stereocenters. The molecule has 1 aliphatic carbocycles. The van der Waals surface area contributed by atoms with E-state index in [2.05, 4.69) is 23.3 Å². The quantitative estimate of drug-likeness (QED) is 0.626. The van der Waals surface area contributed by atoms with Crippen LogP contribution in [-0.4, -0.2) is 48.8 Å². The van der Waals surface area contributed by atoms with Crippen LogP contribution in [0.15, 0.2) is 29.2 Å². The van der Waals surface area contributed by atoms with E-state index in [4.69, 9.17) is 4.74 Å². The van der Waals surface area contributed by atoms with Crippen molar-refractivity contribution in [1.82, 2.24) is 4.90 Å². The van der Waals surface area contributed by atoms with E-state index in [1.807, 2.05) is 12.1 Å². The van der Waals surface area contributed by atoms with E-state index < -0.39 is 0 Å². The molecule has 0 radical (unpaired) electrons. The van der Waals surface area contributed by atoms with Crippen molar-refractivity contribution in [3.05, 3.63) is 29.8 Å². The summed E-state index contributed by atoms with van der Waals surface area (Å²) in [6.45, 7) is 3.27. The Morgan fingerprint density at radius 1 is 1.09 bits per heavy atom. The minimum Gasteiger partial charge on any atom is -0.379 e. The fraction of sp³-hybridized carbons (Fsp3) is 0.611. The third-order valence-corrected chi connectivity index (χ3v) is 5.82. The number of ketones is 1. The molecule has 0 atom stereocenters. The van der Waals surface area contributed by atoms with Crippen LogP contribution in [0.1, 0.15) is 42.5 Å². The summed E-state index contributed by atoms with van der Waals surface area (Å²) in [6, 6.07) is 8.14. The zero-order chi connectivity index (χ0) is 15.4. The van der Waals surface area contributed by atoms with Gasteiger partial charge in [-0.3, -0.25) is 9.69 Å². The van der Waals surface area contributed by atoms with Crippen molar-refractivity contribution in [2.45, 2.75) is 42.5 Å². The number of carbonyl (C=O) groups is 1. The van der Waals surface area contributed by atoms with Gasteiger partial charge >= 0.3 is 0 Å². The highest BCUT2D eigenvalue weighted by atomic mass is 32.2. The number of Topliss-reactive ketones (excluding diaryl/α,β-unsaturated/α-hetero) is 1. The Labute approximate surface area is 137 Å². The first kappa shape index (κ1) is 16.0. The summed E-state index contributed by atoms with van der Waals surface area (Å²) >= 11 is 1.71. The number of carbonyl (C=O) groups excluding carboxylic acids is 1. The van der Waals surface area contributed by atoms with Gasteiger partial charge in [0.25, 0.3) is 0 Å². The predicted octanol–water partition coefficient (Wildman–Crippen LogP) is 3.63. The minimum absolute atomic E-state index is 0.289. The highest BCUT2D eigenvalue weighted by Gasteiger charge is 2.45. The molecule has 0 spiro atoms. The second-order valence-corrected chi connectivity index (χ2v) is 7.13. The monoisotopic (exact) mass is 319 g/mol. The first-order valence-corrected chi connectivity index (χ1v) is 9.50. The number of hydrogen-bond acceptors (Lipinski definition) is 4. The molecule has 0 amide bonds. The Morgan fingerprint density at radius 2 is 1.73 bits per heavy atom. The van der Waals surface area contributed by atoms with E-state index in [-0.39, 0.29) is 5.54 Å². The van der Waals surface area contributed by atoms with Gasteiger partial charge in [-0.1, -0.05) is 31.4 Å². The van der Waals surface area contributed by atoms with E-state index in [0.29, 0.717) is 5.78 Å². The van der Waals surface area contributed by atoms with E-state index in [0.717, 1.165) is 57.6 Å². The van der Waals surface area contributed by atoms with Gasteiger partial charge in [0.2, 0.25) is 0 Å². The maximum absolute atomic E-state index is 13.3. The normalized spacial score (nSPS) is 22.4. The molecule has 22 heavy (non-hydrogen) atoms. The molecule has 1 aromatic carbocycles. The van der Waals surface area contributed by atoms with Crippen molar-refractivity contribution in [3.63, 3.8) is 0 Å². The van der Waals surface area contributed by atoms with Crippen molar-refractivity contribution in [2.24, 2.45) is 0 Å². The van der Waals surface area contributed by atoms with Crippen LogP contribution in [0.2, 0.25) is 0 Å². The summed E-state index contributed by atoms with van der Waals surface area (Å²) in [5.74, 6) is 0.321. The molecular weight excluding hydrogens is 294 g/mol. The topological polar surface area (TPSA) is 29.5 Å². The Kier molecular flexibility index (Phi) is 5.21. The summed E-state index contributed by atoms with van der Waals surface area (Å²) < 4.78 is 5.50. The number of ether oxygens (including phenoxy) is 1. The van der Waals surface area contributed by atoms with Crippen molar-refractivity contribution in [3.8, 4) is 0 Å². The molecule has 1 aromatic rings. The standard InChI is InChI=1S/C18H25NO2S/c1-22-16-7-5-15(6-8-16)17(20)18(9-3-2-4-10-18)19-11-13-21-14-12-19/h5-8H,2-4,9-14H2,1H3. The van der Waals surface area contributed by atoms with Crippen LogP contribution < -0.4 is 0 Å². The molecule has 3 nitrogen and oxygen atoms in total. The molecule has 120 valence electrons. The third-order valence-electron chi connectivity index (χ3n) is 5.07. The molecule has 1 saturated carbocycles. The molecule has 4 heteroatoms. The molecule has 1 saturated heterocycles. The Balaban J connectivity index is 1.88. The minimum atomic E-state index is -0.289. The summed E-state index contributed by atoms with van der Waals surface area (Å²) in [6.07, 6.45) is 7.63. The second-order valence-electron chi connectivity index (χ2n) is 6.25. The van der Waals surface area contributed by atoms with Crippen molar-refractivity contribution < 1.29 is 9.53 Å². The Morgan fingerprint density at radius 3 is 2.32 bits per heavy atom. The molecule has 2 fully saturated rings. The summed E-state index contributed by atoms with van der Waals surface area (Å²) in [5.41, 5.74) is 0.578. The van der Waals surface area contributed by atoms with Crippen LogP contribution in [0.25, 0.3) is 0 Å². The summed E-state index contributed by atoms with van der Waals surface area (Å²) in [4.78, 5) is 16.9. The van der Waals surface area contributed by atoms with E-state index >= 15 is 0 Å². The number of rotatable bonds is 4. The zero-order valence-electron chi connectivity index (χ0n) is 13.3. The van der Waals surface area contributed by atoms with Gasteiger partial charge in [0, 0.05) is 23.5 Å². The van der Waals surface area contributed by atoms with Crippen molar-refractivity contribution >= 4 is 17.5 Å². The lowest BCUT2D eigenvalue weighted by Gasteiger charge is -2.46. The van der Waals surface area contributed by atoms with Crippen LogP contribution in [0.3, 0.4) is 0 Å². The van der Waals surface area contributed by atoms with Gasteiger partial charge < -0.3 is 4.74 Å². The maximum Gasteiger partial charge on any atom is 0.183 e. The van der Waals surface area contributed by atoms with Gasteiger partial charge in [0.15, 0.2) is 5.78 Å². The number of morpholine rings is 1. The molecule has 0 bridgehead atoms. The smallest absolute Gasteiger partial charge is 0.183 e. The van der Waals surface area contributed by atoms with Gasteiger partial charge in [-0.15, -0.1) is 11.8 Å². The highest BCUT2D eigenvalue weighted by Crippen LogP contribution is 2.37. The molecule has 1 aliphatic heterocycles. The van der Waals surface area contributed by atoms with Crippen LogP contribution >= 0.6 is 11.8 Å². The predicted molar refractivity (Wildman–Crippen MR) is 90.8 cm³/mol. The maximum atomic E-state index is 13.3. The van der Waals surface area contributed by atoms with Crippen LogP contribution in [0.5, 0.6) is 0 Å². The van der Waals surface area contributed by atoms with Gasteiger partial charge in [-0.25, -0.2) is 0 Å². The fourth-order valence-corrected chi connectivity index (χ4v) is 4.23. The van der Waals surface area contributed by atoms with Crippen LogP contribution in [0, 0.1) is 0 Å². The lowest BCUT2D eigenvalue weighted by Crippen LogP contribution is -2.59. The molecular formula is C18H25NO2S. The second kappa shape index (κ2) is 7.16. The first-order valence-electron chi connectivity index (χ1n) is 8.28. The first-order chi connectivity index (χ1) is 10.8. The third kappa shape index (κ3) is 3.10. The molecule has 1 heterocycles. The SMILES string of the molecule is CSc1ccc(C(=O)C2(N3CCOCC3)CCCCC2)cc1. The lowest BCUT2D eigenvalue weighted by molar-refractivity contribution is -0.0264. The molecule has 3 rings (SSSR count). The zero-order valence-corrected chi connectivity index (χ0v) is 14.2. The Hall–Kier alpha value is -0.840. The summed E-state index contributed by atoms with van der Waals surface area (Å²) in [7, 11) is 0. The van der Waals surface area contributed by atoms with Crippen LogP contribution in [-0.2, 0) is 4.74 Å². The van der Waals surface area contributed by atoms with Gasteiger partial charge in [-0.2, -0.15) is 0 Å². The largest absolute Gasteiger partial charge is 0.379 e. The van der Waals surface area contributed by atoms with Gasteiger partial charge in [-0.05, 0) is 31.2 Å². The fourth-order valence-electron chi connectivity index (χ4n) is 3.83. The van der Waals surface area contributed by atoms with E-state index in [1.54, 1.807) is 11.8 Å². The van der Waals surface area contributed by atoms with E-state index in [9.17, 15) is 4.79 Å². The number of thioether (sulfide) groups is 1. The average Bonchev–Trinajstić information content (AvgIpc) is 2.62. The molecule has 0 N–H and O–H groups in total. The number of hydrogen-bond donors (Lipinski definition) is 0. The van der Waals surface area contributed by atoms with Crippen molar-refractivity contribution in [1.29, 1.82) is 0 Å². The van der Waals surface area contributed by atoms with Gasteiger partial charge in [0.1, 0.15) is 0 Å². The molecule has 0 aromatic heterocycles. The van der Waals surface area contributed by atoms with E-state index in [1.165, 1.54) is 11.3 Å². The molecule has 2 aliphatic rings. The van der Waals surface area contributed by atoms with Crippen molar-refractivity contribution in [2.75, 3.05) is 32.6 Å². The Bertz CT molecular complexity index is 502. The van der Waals surface area contributed by atoms with Crippen LogP contribution in [0.4, 0.5) is 0 Å².